The third-order valence-corrected chi connectivity index (χ3v) is 5.79. The molecule has 29 heavy (non-hydrogen) atoms. The van der Waals surface area contributed by atoms with Gasteiger partial charge in [-0.05, 0) is 45.0 Å². The van der Waals surface area contributed by atoms with Crippen molar-refractivity contribution < 1.29 is 4.79 Å². The first-order valence-corrected chi connectivity index (χ1v) is 12.9. The molecule has 0 rings (SSSR count). The molecule has 0 aliphatic carbocycles. The highest BCUT2D eigenvalue weighted by atomic mass is 16.1. The molecule has 0 aromatic carbocycles. The Morgan fingerprint density at radius 3 is 1.45 bits per heavy atom. The number of amides is 1. The predicted molar refractivity (Wildman–Crippen MR) is 129 cm³/mol. The highest BCUT2D eigenvalue weighted by Crippen LogP contribution is 2.11. The molecule has 0 radical (unpaired) electrons. The summed E-state index contributed by atoms with van der Waals surface area (Å²) in [6, 6.07) is 0. The van der Waals surface area contributed by atoms with Gasteiger partial charge in [0.05, 0.1) is 0 Å². The number of hydrogen-bond donors (Lipinski definition) is 1. The summed E-state index contributed by atoms with van der Waals surface area (Å²) in [7, 11) is 0. The maximum absolute atomic E-state index is 11.3. The van der Waals surface area contributed by atoms with Crippen LogP contribution in [0.1, 0.15) is 123 Å². The summed E-state index contributed by atoms with van der Waals surface area (Å²) < 4.78 is 0. The second-order valence-corrected chi connectivity index (χ2v) is 8.64. The van der Waals surface area contributed by atoms with Crippen molar-refractivity contribution in [3.63, 3.8) is 0 Å². The molecule has 0 aromatic heterocycles. The Morgan fingerprint density at radius 1 is 0.655 bits per heavy atom. The SMILES string of the molecule is C=CC(=O)NCCCN(CCCCCCCCCC)CCCCCCCCCC. The lowest BCUT2D eigenvalue weighted by Crippen LogP contribution is -2.30. The molecule has 0 bridgehead atoms. The molecule has 0 atom stereocenters. The van der Waals surface area contributed by atoms with Gasteiger partial charge >= 0.3 is 0 Å². The standard InChI is InChI=1S/C26H52N2O/c1-4-7-9-11-13-15-17-19-23-28(25-21-22-27-26(29)6-3)24-20-18-16-14-12-10-8-5-2/h6H,3-5,7-25H2,1-2H3,(H,27,29). The third kappa shape index (κ3) is 21.7. The van der Waals surface area contributed by atoms with Crippen molar-refractivity contribution >= 4 is 5.91 Å². The van der Waals surface area contributed by atoms with Gasteiger partial charge in [0.15, 0.2) is 0 Å². The van der Waals surface area contributed by atoms with Crippen LogP contribution in [0.5, 0.6) is 0 Å². The van der Waals surface area contributed by atoms with E-state index in [0.29, 0.717) is 0 Å². The normalized spacial score (nSPS) is 11.1. The van der Waals surface area contributed by atoms with Gasteiger partial charge in [-0.2, -0.15) is 0 Å². The van der Waals surface area contributed by atoms with Gasteiger partial charge in [0, 0.05) is 6.54 Å². The first-order chi connectivity index (χ1) is 14.2. The van der Waals surface area contributed by atoms with Gasteiger partial charge in [-0.15, -0.1) is 0 Å². The fourth-order valence-corrected chi connectivity index (χ4v) is 3.86. The van der Waals surface area contributed by atoms with Crippen LogP contribution in [-0.4, -0.2) is 37.0 Å². The zero-order valence-corrected chi connectivity index (χ0v) is 20.0. The Hall–Kier alpha value is -0.830. The molecule has 0 aromatic rings. The maximum Gasteiger partial charge on any atom is 0.243 e. The summed E-state index contributed by atoms with van der Waals surface area (Å²) in [6.45, 7) is 12.4. The Morgan fingerprint density at radius 2 is 1.03 bits per heavy atom. The number of carbonyl (C=O) groups is 1. The molecule has 0 aliphatic heterocycles. The number of nitrogens with zero attached hydrogens (tertiary/aromatic N) is 1. The average Bonchev–Trinajstić information content (AvgIpc) is 2.73. The molecule has 0 saturated carbocycles. The monoisotopic (exact) mass is 408 g/mol. The summed E-state index contributed by atoms with van der Waals surface area (Å²) in [5.41, 5.74) is 0. The predicted octanol–water partition coefficient (Wildman–Crippen LogP) is 7.26. The minimum absolute atomic E-state index is 0.0531. The fourth-order valence-electron chi connectivity index (χ4n) is 3.86. The largest absolute Gasteiger partial charge is 0.353 e. The van der Waals surface area contributed by atoms with E-state index in [4.69, 9.17) is 0 Å². The van der Waals surface area contributed by atoms with E-state index in [1.165, 1.54) is 122 Å². The fraction of sp³-hybridized carbons (Fsp3) is 0.885. The van der Waals surface area contributed by atoms with Crippen LogP contribution in [0.15, 0.2) is 12.7 Å². The number of unbranched alkanes of at least 4 members (excludes halogenated alkanes) is 14. The zero-order valence-electron chi connectivity index (χ0n) is 20.0. The first kappa shape index (κ1) is 28.2. The summed E-state index contributed by atoms with van der Waals surface area (Å²) in [6.07, 6.45) is 24.5. The topological polar surface area (TPSA) is 32.3 Å². The minimum Gasteiger partial charge on any atom is -0.353 e. The molecule has 0 fully saturated rings. The van der Waals surface area contributed by atoms with E-state index in [0.717, 1.165) is 19.5 Å². The van der Waals surface area contributed by atoms with E-state index in [1.54, 1.807) is 0 Å². The molecule has 0 spiro atoms. The highest BCUT2D eigenvalue weighted by Gasteiger charge is 2.05. The Bertz CT molecular complexity index is 337. The summed E-state index contributed by atoms with van der Waals surface area (Å²) in [4.78, 5) is 13.9. The molecule has 3 nitrogen and oxygen atoms in total. The van der Waals surface area contributed by atoms with Gasteiger partial charge in [0.25, 0.3) is 0 Å². The van der Waals surface area contributed by atoms with E-state index in [2.05, 4.69) is 30.6 Å². The minimum atomic E-state index is -0.0531. The maximum atomic E-state index is 11.3. The number of nitrogens with one attached hydrogen (secondary N) is 1. The van der Waals surface area contributed by atoms with Crippen molar-refractivity contribution in [2.24, 2.45) is 0 Å². The molecule has 0 saturated heterocycles. The molecule has 3 heteroatoms. The van der Waals surface area contributed by atoms with Crippen LogP contribution in [0.2, 0.25) is 0 Å². The van der Waals surface area contributed by atoms with Crippen LogP contribution < -0.4 is 5.32 Å². The quantitative estimate of drug-likeness (QED) is 0.142. The molecular formula is C26H52N2O. The van der Waals surface area contributed by atoms with E-state index in [9.17, 15) is 4.79 Å². The van der Waals surface area contributed by atoms with Gasteiger partial charge < -0.3 is 10.2 Å². The molecule has 1 amide bonds. The molecule has 172 valence electrons. The average molecular weight is 409 g/mol. The highest BCUT2D eigenvalue weighted by molar-refractivity contribution is 5.86. The van der Waals surface area contributed by atoms with Gasteiger partial charge in [-0.3, -0.25) is 4.79 Å². The van der Waals surface area contributed by atoms with Crippen molar-refractivity contribution in [1.82, 2.24) is 10.2 Å². The molecular weight excluding hydrogens is 356 g/mol. The number of carbonyl (C=O) groups excluding carboxylic acids is 1. The van der Waals surface area contributed by atoms with E-state index in [-0.39, 0.29) is 5.91 Å². The van der Waals surface area contributed by atoms with Gasteiger partial charge in [-0.1, -0.05) is 110 Å². The molecule has 1 N–H and O–H groups in total. The Balaban J connectivity index is 3.87. The van der Waals surface area contributed by atoms with Crippen LogP contribution in [-0.2, 0) is 4.79 Å². The summed E-state index contributed by atoms with van der Waals surface area (Å²) in [5, 5.41) is 2.91. The van der Waals surface area contributed by atoms with E-state index in [1.807, 2.05) is 0 Å². The summed E-state index contributed by atoms with van der Waals surface area (Å²) in [5.74, 6) is -0.0531. The zero-order chi connectivity index (χ0) is 21.4. The van der Waals surface area contributed by atoms with Crippen molar-refractivity contribution in [2.45, 2.75) is 123 Å². The van der Waals surface area contributed by atoms with E-state index >= 15 is 0 Å². The van der Waals surface area contributed by atoms with Crippen molar-refractivity contribution in [1.29, 1.82) is 0 Å². The smallest absolute Gasteiger partial charge is 0.243 e. The van der Waals surface area contributed by atoms with Crippen LogP contribution in [0, 0.1) is 0 Å². The molecule has 0 aliphatic rings. The van der Waals surface area contributed by atoms with Gasteiger partial charge in [0.1, 0.15) is 0 Å². The lowest BCUT2D eigenvalue weighted by atomic mass is 10.1. The van der Waals surface area contributed by atoms with E-state index < -0.39 is 0 Å². The third-order valence-electron chi connectivity index (χ3n) is 5.79. The van der Waals surface area contributed by atoms with Crippen LogP contribution in [0.3, 0.4) is 0 Å². The Kier molecular flexibility index (Phi) is 22.8. The van der Waals surface area contributed by atoms with Crippen molar-refractivity contribution in [3.8, 4) is 0 Å². The van der Waals surface area contributed by atoms with Crippen molar-refractivity contribution in [2.75, 3.05) is 26.2 Å². The van der Waals surface area contributed by atoms with Crippen LogP contribution >= 0.6 is 0 Å². The lowest BCUT2D eigenvalue weighted by molar-refractivity contribution is -0.116. The van der Waals surface area contributed by atoms with Gasteiger partial charge in [-0.25, -0.2) is 0 Å². The number of hydrogen-bond acceptors (Lipinski definition) is 2. The summed E-state index contributed by atoms with van der Waals surface area (Å²) >= 11 is 0. The Labute approximate surface area is 183 Å². The molecule has 0 heterocycles. The first-order valence-electron chi connectivity index (χ1n) is 12.9. The lowest BCUT2D eigenvalue weighted by Gasteiger charge is -2.22. The van der Waals surface area contributed by atoms with Crippen LogP contribution in [0.25, 0.3) is 0 Å². The van der Waals surface area contributed by atoms with Crippen LogP contribution in [0.4, 0.5) is 0 Å². The number of rotatable bonds is 23. The van der Waals surface area contributed by atoms with Crippen molar-refractivity contribution in [3.05, 3.63) is 12.7 Å². The van der Waals surface area contributed by atoms with Gasteiger partial charge in [0.2, 0.25) is 5.91 Å². The second kappa shape index (κ2) is 23.4. The molecule has 0 unspecified atom stereocenters. The second-order valence-electron chi connectivity index (χ2n) is 8.64.